The van der Waals surface area contributed by atoms with Crippen LogP contribution in [0.25, 0.3) is 10.9 Å². The lowest BCUT2D eigenvalue weighted by Crippen LogP contribution is -1.94. The normalized spacial score (nSPS) is 11.1. The van der Waals surface area contributed by atoms with Crippen LogP contribution in [0.4, 0.5) is 0 Å². The van der Waals surface area contributed by atoms with Crippen molar-refractivity contribution in [2.45, 2.75) is 0 Å². The molecular weight excluding hydrogens is 222 g/mol. The molecule has 16 heavy (non-hydrogen) atoms. The fourth-order valence-corrected chi connectivity index (χ4v) is 1.60. The van der Waals surface area contributed by atoms with E-state index in [-0.39, 0.29) is 0 Å². The van der Waals surface area contributed by atoms with E-state index in [1.54, 1.807) is 6.20 Å². The SMILES string of the molecule is ClC/C=C/COc1cccc2ncccc12. The Morgan fingerprint density at radius 1 is 1.19 bits per heavy atom. The molecule has 0 atom stereocenters. The third-order valence-corrected chi connectivity index (χ3v) is 2.37. The second-order valence-corrected chi connectivity index (χ2v) is 3.57. The highest BCUT2D eigenvalue weighted by molar-refractivity contribution is 6.18. The first kappa shape index (κ1) is 11.0. The molecule has 3 heteroatoms. The highest BCUT2D eigenvalue weighted by Gasteiger charge is 2.00. The maximum atomic E-state index is 5.64. The molecule has 0 N–H and O–H groups in total. The minimum atomic E-state index is 0.514. The first-order valence-corrected chi connectivity index (χ1v) is 5.63. The number of pyridine rings is 1. The molecule has 0 saturated heterocycles. The Bertz CT molecular complexity index is 491. The van der Waals surface area contributed by atoms with E-state index in [9.17, 15) is 0 Å². The van der Waals surface area contributed by atoms with Crippen molar-refractivity contribution in [2.24, 2.45) is 0 Å². The van der Waals surface area contributed by atoms with E-state index in [4.69, 9.17) is 16.3 Å². The summed E-state index contributed by atoms with van der Waals surface area (Å²) in [5.41, 5.74) is 0.946. The molecule has 0 fully saturated rings. The number of benzene rings is 1. The first-order chi connectivity index (χ1) is 7.92. The highest BCUT2D eigenvalue weighted by atomic mass is 35.5. The van der Waals surface area contributed by atoms with Crippen LogP contribution in [0.1, 0.15) is 0 Å². The zero-order valence-electron chi connectivity index (χ0n) is 8.77. The van der Waals surface area contributed by atoms with Crippen molar-refractivity contribution in [1.82, 2.24) is 4.98 Å². The number of allylic oxidation sites excluding steroid dienone is 1. The molecular formula is C13H12ClNO. The minimum absolute atomic E-state index is 0.514. The number of fused-ring (bicyclic) bond motifs is 1. The quantitative estimate of drug-likeness (QED) is 0.597. The number of hydrogen-bond donors (Lipinski definition) is 0. The van der Waals surface area contributed by atoms with Crippen molar-refractivity contribution >= 4 is 22.5 Å². The van der Waals surface area contributed by atoms with Crippen molar-refractivity contribution in [1.29, 1.82) is 0 Å². The monoisotopic (exact) mass is 233 g/mol. The Hall–Kier alpha value is -1.54. The predicted molar refractivity (Wildman–Crippen MR) is 67.1 cm³/mol. The van der Waals surface area contributed by atoms with Crippen LogP contribution < -0.4 is 4.74 Å². The Kier molecular flexibility index (Phi) is 3.78. The molecule has 1 aromatic carbocycles. The molecule has 2 nitrogen and oxygen atoms in total. The van der Waals surface area contributed by atoms with Crippen LogP contribution in [0.2, 0.25) is 0 Å². The number of rotatable bonds is 4. The van der Waals surface area contributed by atoms with Crippen molar-refractivity contribution in [2.75, 3.05) is 12.5 Å². The van der Waals surface area contributed by atoms with E-state index in [1.807, 2.05) is 42.5 Å². The van der Waals surface area contributed by atoms with E-state index >= 15 is 0 Å². The maximum absolute atomic E-state index is 5.64. The van der Waals surface area contributed by atoms with Crippen molar-refractivity contribution in [3.05, 3.63) is 48.7 Å². The van der Waals surface area contributed by atoms with Gasteiger partial charge in [-0.25, -0.2) is 0 Å². The average molecular weight is 234 g/mol. The van der Waals surface area contributed by atoms with Gasteiger partial charge in [0.1, 0.15) is 12.4 Å². The smallest absolute Gasteiger partial charge is 0.129 e. The molecule has 0 aliphatic rings. The van der Waals surface area contributed by atoms with Crippen LogP contribution in [0.5, 0.6) is 5.75 Å². The lowest BCUT2D eigenvalue weighted by atomic mass is 10.2. The fraction of sp³-hybridized carbons (Fsp3) is 0.154. The zero-order valence-corrected chi connectivity index (χ0v) is 9.52. The number of aromatic nitrogens is 1. The largest absolute Gasteiger partial charge is 0.489 e. The second-order valence-electron chi connectivity index (χ2n) is 3.26. The van der Waals surface area contributed by atoms with Crippen LogP contribution in [-0.2, 0) is 0 Å². The number of halogens is 1. The number of hydrogen-bond acceptors (Lipinski definition) is 2. The number of ether oxygens (including phenoxy) is 1. The van der Waals surface area contributed by atoms with Gasteiger partial charge in [-0.05, 0) is 24.3 Å². The first-order valence-electron chi connectivity index (χ1n) is 5.09. The van der Waals surface area contributed by atoms with Crippen molar-refractivity contribution in [3.8, 4) is 5.75 Å². The summed E-state index contributed by atoms with van der Waals surface area (Å²) >= 11 is 5.53. The van der Waals surface area contributed by atoms with E-state index in [2.05, 4.69) is 4.98 Å². The summed E-state index contributed by atoms with van der Waals surface area (Å²) in [6.07, 6.45) is 5.55. The topological polar surface area (TPSA) is 22.1 Å². The molecule has 82 valence electrons. The number of nitrogens with zero attached hydrogens (tertiary/aromatic N) is 1. The maximum Gasteiger partial charge on any atom is 0.129 e. The summed E-state index contributed by atoms with van der Waals surface area (Å²) in [7, 11) is 0. The van der Waals surface area contributed by atoms with Crippen LogP contribution in [0, 0.1) is 0 Å². The average Bonchev–Trinajstić information content (AvgIpc) is 2.35. The van der Waals surface area contributed by atoms with E-state index in [0.717, 1.165) is 16.7 Å². The molecule has 1 heterocycles. The van der Waals surface area contributed by atoms with Crippen LogP contribution in [-0.4, -0.2) is 17.5 Å². The predicted octanol–water partition coefficient (Wildman–Crippen LogP) is 3.41. The Morgan fingerprint density at radius 3 is 3.00 bits per heavy atom. The summed E-state index contributed by atoms with van der Waals surface area (Å²) in [6, 6.07) is 9.76. The van der Waals surface area contributed by atoms with Gasteiger partial charge in [-0.2, -0.15) is 0 Å². The molecule has 1 aromatic heterocycles. The van der Waals surface area contributed by atoms with Gasteiger partial charge in [0, 0.05) is 17.5 Å². The summed E-state index contributed by atoms with van der Waals surface area (Å²) in [5.74, 6) is 1.37. The molecule has 0 amide bonds. The number of alkyl halides is 1. The van der Waals surface area contributed by atoms with E-state index in [1.165, 1.54) is 0 Å². The molecule has 0 saturated carbocycles. The molecule has 0 bridgehead atoms. The third kappa shape index (κ3) is 2.52. The van der Waals surface area contributed by atoms with Gasteiger partial charge >= 0.3 is 0 Å². The van der Waals surface area contributed by atoms with Gasteiger partial charge in [-0.15, -0.1) is 11.6 Å². The lowest BCUT2D eigenvalue weighted by Gasteiger charge is -2.06. The summed E-state index contributed by atoms with van der Waals surface area (Å²) in [6.45, 7) is 0.528. The fourth-order valence-electron chi connectivity index (χ4n) is 1.47. The molecule has 0 radical (unpaired) electrons. The van der Waals surface area contributed by atoms with Gasteiger partial charge < -0.3 is 4.74 Å². The van der Waals surface area contributed by atoms with Crippen molar-refractivity contribution < 1.29 is 4.74 Å². The van der Waals surface area contributed by atoms with Crippen LogP contribution in [0.15, 0.2) is 48.7 Å². The van der Waals surface area contributed by atoms with Gasteiger partial charge in [0.25, 0.3) is 0 Å². The Balaban J connectivity index is 2.20. The molecule has 0 spiro atoms. The summed E-state index contributed by atoms with van der Waals surface area (Å²) in [5, 5.41) is 1.03. The van der Waals surface area contributed by atoms with Gasteiger partial charge in [0.05, 0.1) is 5.52 Å². The standard InChI is InChI=1S/C13H12ClNO/c14-8-1-2-10-16-13-7-3-6-12-11(13)5-4-9-15-12/h1-7,9H,8,10H2/b2-1+. The Morgan fingerprint density at radius 2 is 2.12 bits per heavy atom. The summed E-state index contributed by atoms with van der Waals surface area (Å²) < 4.78 is 5.64. The second kappa shape index (κ2) is 5.52. The summed E-state index contributed by atoms with van der Waals surface area (Å²) in [4.78, 5) is 4.27. The zero-order chi connectivity index (χ0) is 11.2. The third-order valence-electron chi connectivity index (χ3n) is 2.20. The van der Waals surface area contributed by atoms with E-state index in [0.29, 0.717) is 12.5 Å². The lowest BCUT2D eigenvalue weighted by molar-refractivity contribution is 0.367. The molecule has 2 aromatic rings. The van der Waals surface area contributed by atoms with Crippen LogP contribution >= 0.6 is 11.6 Å². The van der Waals surface area contributed by atoms with Gasteiger partial charge in [0.15, 0.2) is 0 Å². The van der Waals surface area contributed by atoms with Gasteiger partial charge in [0.2, 0.25) is 0 Å². The van der Waals surface area contributed by atoms with Crippen LogP contribution in [0.3, 0.4) is 0 Å². The van der Waals surface area contributed by atoms with E-state index < -0.39 is 0 Å². The molecule has 0 unspecified atom stereocenters. The molecule has 0 aliphatic carbocycles. The Labute approximate surface area is 99.5 Å². The highest BCUT2D eigenvalue weighted by Crippen LogP contribution is 2.23. The molecule has 0 aliphatic heterocycles. The minimum Gasteiger partial charge on any atom is -0.489 e. The molecule has 2 rings (SSSR count). The van der Waals surface area contributed by atoms with Gasteiger partial charge in [-0.3, -0.25) is 4.98 Å². The van der Waals surface area contributed by atoms with Gasteiger partial charge in [-0.1, -0.05) is 18.2 Å². The van der Waals surface area contributed by atoms with Crippen molar-refractivity contribution in [3.63, 3.8) is 0 Å².